The van der Waals surface area contributed by atoms with Crippen LogP contribution in [-0.2, 0) is 16.2 Å². The highest BCUT2D eigenvalue weighted by Gasteiger charge is 2.37. The summed E-state index contributed by atoms with van der Waals surface area (Å²) in [5.41, 5.74) is 3.14. The average Bonchev–Trinajstić information content (AvgIpc) is 3.46. The van der Waals surface area contributed by atoms with Crippen LogP contribution in [-0.4, -0.2) is 32.1 Å². The molecular weight excluding hydrogens is 409 g/mol. The standard InChI is InChI=1S/C24H24FN5O2/c25-20-10-19(12-27-13-20)22-7-8-32-30(22)24(31)18-4-1-16(2-5-18)14-29-15-28-21-9-17(11-26)3-6-23(21)29/h3,6,9-10,12-13,15-16,18,22H,1-2,4-5,7-8,14H2/t16-,18-,22-/m0/s1. The molecule has 8 heteroatoms. The Hall–Kier alpha value is -3.31. The normalized spacial score (nSPS) is 23.4. The van der Waals surface area contributed by atoms with E-state index in [4.69, 9.17) is 10.1 Å². The number of rotatable bonds is 4. The van der Waals surface area contributed by atoms with Gasteiger partial charge in [-0.3, -0.25) is 14.6 Å². The minimum Gasteiger partial charge on any atom is -0.330 e. The molecule has 1 aliphatic heterocycles. The number of hydrogen-bond donors (Lipinski definition) is 0. The molecule has 1 atom stereocenters. The number of imidazole rings is 1. The van der Waals surface area contributed by atoms with Crippen molar-refractivity contribution in [3.05, 3.63) is 59.9 Å². The third-order valence-electron chi connectivity index (χ3n) is 6.63. The molecule has 0 spiro atoms. The summed E-state index contributed by atoms with van der Waals surface area (Å²) in [5.74, 6) is -0.0219. The van der Waals surface area contributed by atoms with E-state index in [1.165, 1.54) is 17.3 Å². The number of carbonyl (C=O) groups excluding carboxylic acids is 1. The Morgan fingerprint density at radius 1 is 1.19 bits per heavy atom. The number of hydroxylamine groups is 2. The van der Waals surface area contributed by atoms with Gasteiger partial charge in [0.25, 0.3) is 0 Å². The largest absolute Gasteiger partial charge is 0.330 e. The van der Waals surface area contributed by atoms with Crippen LogP contribution >= 0.6 is 0 Å². The first-order valence-corrected chi connectivity index (χ1v) is 11.0. The molecule has 0 bridgehead atoms. The molecule has 3 heterocycles. The lowest BCUT2D eigenvalue weighted by atomic mass is 9.81. The summed E-state index contributed by atoms with van der Waals surface area (Å²) in [5, 5.41) is 10.5. The molecule has 1 saturated carbocycles. The van der Waals surface area contributed by atoms with Crippen LogP contribution in [0, 0.1) is 29.0 Å². The third kappa shape index (κ3) is 3.96. The predicted octanol–water partition coefficient (Wildman–Crippen LogP) is 4.15. The molecule has 5 rings (SSSR count). The van der Waals surface area contributed by atoms with Gasteiger partial charge >= 0.3 is 0 Å². The smallest absolute Gasteiger partial charge is 0.249 e. The molecule has 1 aliphatic carbocycles. The van der Waals surface area contributed by atoms with E-state index >= 15 is 0 Å². The fraction of sp³-hybridized carbons (Fsp3) is 0.417. The fourth-order valence-corrected chi connectivity index (χ4v) is 4.93. The highest BCUT2D eigenvalue weighted by Crippen LogP contribution is 2.36. The van der Waals surface area contributed by atoms with E-state index in [0.717, 1.165) is 43.3 Å². The van der Waals surface area contributed by atoms with Gasteiger partial charge in [-0.1, -0.05) is 0 Å². The van der Waals surface area contributed by atoms with Gasteiger partial charge in [-0.05, 0) is 61.4 Å². The average molecular weight is 433 g/mol. The third-order valence-corrected chi connectivity index (χ3v) is 6.63. The summed E-state index contributed by atoms with van der Waals surface area (Å²) < 4.78 is 15.7. The Morgan fingerprint density at radius 3 is 2.81 bits per heavy atom. The first-order chi connectivity index (χ1) is 15.6. The molecule has 0 unspecified atom stereocenters. The number of amides is 1. The second-order valence-corrected chi connectivity index (χ2v) is 8.67. The van der Waals surface area contributed by atoms with Gasteiger partial charge in [0.1, 0.15) is 5.82 Å². The summed E-state index contributed by atoms with van der Waals surface area (Å²) >= 11 is 0. The second-order valence-electron chi connectivity index (χ2n) is 8.67. The molecule has 2 aliphatic rings. The summed E-state index contributed by atoms with van der Waals surface area (Å²) in [6, 6.07) is 8.87. The molecule has 1 aromatic carbocycles. The van der Waals surface area contributed by atoms with Crippen molar-refractivity contribution >= 4 is 16.9 Å². The van der Waals surface area contributed by atoms with Gasteiger partial charge in [0.2, 0.25) is 5.91 Å². The van der Waals surface area contributed by atoms with E-state index < -0.39 is 5.82 Å². The molecule has 32 heavy (non-hydrogen) atoms. The predicted molar refractivity (Wildman–Crippen MR) is 114 cm³/mol. The molecule has 1 amide bonds. The van der Waals surface area contributed by atoms with Crippen molar-refractivity contribution in [2.24, 2.45) is 11.8 Å². The van der Waals surface area contributed by atoms with E-state index in [1.54, 1.807) is 6.20 Å². The number of carbonyl (C=O) groups is 1. The fourth-order valence-electron chi connectivity index (χ4n) is 4.93. The highest BCUT2D eigenvalue weighted by molar-refractivity contribution is 5.79. The zero-order valence-electron chi connectivity index (χ0n) is 17.7. The maximum absolute atomic E-state index is 13.6. The molecule has 7 nitrogen and oxygen atoms in total. The van der Waals surface area contributed by atoms with Gasteiger partial charge in [-0.25, -0.2) is 14.4 Å². The minimum absolute atomic E-state index is 0.00711. The van der Waals surface area contributed by atoms with Crippen LogP contribution in [0.5, 0.6) is 0 Å². The Labute approximate surface area is 185 Å². The van der Waals surface area contributed by atoms with Crippen molar-refractivity contribution in [1.82, 2.24) is 19.6 Å². The van der Waals surface area contributed by atoms with Crippen molar-refractivity contribution in [3.63, 3.8) is 0 Å². The number of hydrogen-bond acceptors (Lipinski definition) is 5. The van der Waals surface area contributed by atoms with Crippen LogP contribution in [0.15, 0.2) is 43.0 Å². The van der Waals surface area contributed by atoms with Crippen LogP contribution in [0.25, 0.3) is 11.0 Å². The maximum Gasteiger partial charge on any atom is 0.249 e. The highest BCUT2D eigenvalue weighted by atomic mass is 19.1. The second kappa shape index (κ2) is 8.67. The lowest BCUT2D eigenvalue weighted by Gasteiger charge is -2.32. The van der Waals surface area contributed by atoms with Gasteiger partial charge in [-0.2, -0.15) is 5.26 Å². The Balaban J connectivity index is 1.21. The molecule has 2 fully saturated rings. The molecule has 2 aromatic heterocycles. The number of benzene rings is 1. The monoisotopic (exact) mass is 433 g/mol. The summed E-state index contributed by atoms with van der Waals surface area (Å²) in [6.45, 7) is 1.30. The molecular formula is C24H24FN5O2. The number of nitrogens with zero attached hydrogens (tertiary/aromatic N) is 5. The van der Waals surface area contributed by atoms with Gasteiger partial charge in [0.15, 0.2) is 0 Å². The van der Waals surface area contributed by atoms with E-state index in [9.17, 15) is 9.18 Å². The Bertz CT molecular complexity index is 1180. The van der Waals surface area contributed by atoms with Crippen LogP contribution in [0.3, 0.4) is 0 Å². The zero-order valence-corrected chi connectivity index (χ0v) is 17.7. The Kier molecular flexibility index (Phi) is 5.58. The number of fused-ring (bicyclic) bond motifs is 1. The quantitative estimate of drug-likeness (QED) is 0.617. The van der Waals surface area contributed by atoms with Gasteiger partial charge < -0.3 is 4.57 Å². The SMILES string of the molecule is N#Cc1ccc2c(c1)ncn2C[C@H]1CC[C@H](C(=O)N2OCC[C@H]2c2cncc(F)c2)CC1. The minimum atomic E-state index is -0.404. The number of pyridine rings is 1. The zero-order chi connectivity index (χ0) is 22.1. The van der Waals surface area contributed by atoms with Crippen LogP contribution in [0.1, 0.15) is 49.3 Å². The van der Waals surface area contributed by atoms with Crippen LogP contribution < -0.4 is 0 Å². The van der Waals surface area contributed by atoms with Crippen molar-refractivity contribution in [3.8, 4) is 6.07 Å². The topological polar surface area (TPSA) is 84.0 Å². The van der Waals surface area contributed by atoms with Gasteiger partial charge in [0.05, 0.1) is 47.8 Å². The summed E-state index contributed by atoms with van der Waals surface area (Å²) in [4.78, 5) is 27.2. The van der Waals surface area contributed by atoms with E-state index in [0.29, 0.717) is 30.1 Å². The number of nitriles is 1. The van der Waals surface area contributed by atoms with Crippen molar-refractivity contribution in [1.29, 1.82) is 5.26 Å². The van der Waals surface area contributed by atoms with Crippen LogP contribution in [0.4, 0.5) is 4.39 Å². The summed E-state index contributed by atoms with van der Waals surface area (Å²) in [6.07, 6.45) is 8.77. The molecule has 0 radical (unpaired) electrons. The molecule has 164 valence electrons. The van der Waals surface area contributed by atoms with Crippen molar-refractivity contribution in [2.75, 3.05) is 6.61 Å². The Morgan fingerprint density at radius 2 is 2.03 bits per heavy atom. The van der Waals surface area contributed by atoms with E-state index in [2.05, 4.69) is 20.6 Å². The van der Waals surface area contributed by atoms with Crippen molar-refractivity contribution in [2.45, 2.75) is 44.7 Å². The van der Waals surface area contributed by atoms with Gasteiger partial charge in [0, 0.05) is 25.1 Å². The first kappa shape index (κ1) is 20.6. The van der Waals surface area contributed by atoms with Gasteiger partial charge in [-0.15, -0.1) is 0 Å². The lowest BCUT2D eigenvalue weighted by molar-refractivity contribution is -0.183. The molecule has 0 N–H and O–H groups in total. The van der Waals surface area contributed by atoms with Crippen LogP contribution in [0.2, 0.25) is 0 Å². The van der Waals surface area contributed by atoms with E-state index in [-0.39, 0.29) is 17.9 Å². The number of aromatic nitrogens is 3. The first-order valence-electron chi connectivity index (χ1n) is 11.0. The van der Waals surface area contributed by atoms with Crippen molar-refractivity contribution < 1.29 is 14.0 Å². The van der Waals surface area contributed by atoms with E-state index in [1.807, 2.05) is 24.5 Å². The lowest BCUT2D eigenvalue weighted by Crippen LogP contribution is -2.37. The summed E-state index contributed by atoms with van der Waals surface area (Å²) in [7, 11) is 0. The molecule has 3 aromatic rings. The maximum atomic E-state index is 13.6. The number of halogens is 1. The molecule has 1 saturated heterocycles.